The standard InChI is InChI=1S/C21H34O2S/c1-5-7-8-9-10-11-12-13-14-15-16-17-18-19-24-21(3,4)20(22)23-6-2/h7-8,10-11,13-14,16-17H,5-6,9,12,15,18-19H2,1-4H3/b8-7-,11-10-,14-13-,17-16-. The van der Waals surface area contributed by atoms with Gasteiger partial charge in [0.2, 0.25) is 0 Å². The third-order valence-corrected chi connectivity index (χ3v) is 4.56. The van der Waals surface area contributed by atoms with Crippen molar-refractivity contribution in [2.75, 3.05) is 12.4 Å². The first-order valence-electron chi connectivity index (χ1n) is 8.95. The molecule has 0 atom stereocenters. The maximum atomic E-state index is 11.8. The smallest absolute Gasteiger partial charge is 0.321 e. The van der Waals surface area contributed by atoms with Crippen LogP contribution in [0.15, 0.2) is 48.6 Å². The lowest BCUT2D eigenvalue weighted by molar-refractivity contribution is -0.145. The van der Waals surface area contributed by atoms with E-state index in [9.17, 15) is 4.79 Å². The molecule has 0 rings (SSSR count). The van der Waals surface area contributed by atoms with Crippen LogP contribution in [-0.2, 0) is 9.53 Å². The predicted octanol–water partition coefficient (Wildman–Crippen LogP) is 6.26. The molecule has 0 aliphatic rings. The SMILES string of the molecule is CC/C=C\C/C=C\C/C=C\C/C=C\CCSC(C)(C)C(=O)OCC. The minimum absolute atomic E-state index is 0.125. The Kier molecular flexibility index (Phi) is 14.5. The van der Waals surface area contributed by atoms with Gasteiger partial charge in [0.05, 0.1) is 6.61 Å². The summed E-state index contributed by atoms with van der Waals surface area (Å²) >= 11 is 1.65. The van der Waals surface area contributed by atoms with Crippen LogP contribution in [0.5, 0.6) is 0 Å². The van der Waals surface area contributed by atoms with E-state index in [0.29, 0.717) is 6.61 Å². The topological polar surface area (TPSA) is 26.3 Å². The minimum atomic E-state index is -0.456. The summed E-state index contributed by atoms with van der Waals surface area (Å²) in [6, 6.07) is 0. The summed E-state index contributed by atoms with van der Waals surface area (Å²) in [6.07, 6.45) is 22.6. The number of carbonyl (C=O) groups is 1. The average molecular weight is 351 g/mol. The Morgan fingerprint density at radius 1 is 0.875 bits per heavy atom. The average Bonchev–Trinajstić information content (AvgIpc) is 2.55. The van der Waals surface area contributed by atoms with Crippen LogP contribution in [0.3, 0.4) is 0 Å². The first-order valence-corrected chi connectivity index (χ1v) is 9.94. The highest BCUT2D eigenvalue weighted by Crippen LogP contribution is 2.26. The second-order valence-corrected chi connectivity index (χ2v) is 7.59. The summed E-state index contributed by atoms with van der Waals surface area (Å²) in [5.74, 6) is 0.806. The van der Waals surface area contributed by atoms with Crippen molar-refractivity contribution in [3.8, 4) is 0 Å². The van der Waals surface area contributed by atoms with Crippen molar-refractivity contribution < 1.29 is 9.53 Å². The molecule has 0 bridgehead atoms. The van der Waals surface area contributed by atoms with Crippen LogP contribution in [0.25, 0.3) is 0 Å². The largest absolute Gasteiger partial charge is 0.465 e. The van der Waals surface area contributed by atoms with Crippen molar-refractivity contribution >= 4 is 17.7 Å². The molecule has 0 aromatic carbocycles. The number of rotatable bonds is 13. The first kappa shape index (κ1) is 22.8. The van der Waals surface area contributed by atoms with E-state index in [4.69, 9.17) is 4.74 Å². The van der Waals surface area contributed by atoms with E-state index in [0.717, 1.165) is 37.9 Å². The molecule has 0 aromatic rings. The number of hydrogen-bond donors (Lipinski definition) is 0. The molecular weight excluding hydrogens is 316 g/mol. The zero-order valence-electron chi connectivity index (χ0n) is 15.8. The van der Waals surface area contributed by atoms with Crippen molar-refractivity contribution in [3.05, 3.63) is 48.6 Å². The predicted molar refractivity (Wildman–Crippen MR) is 108 cm³/mol. The minimum Gasteiger partial charge on any atom is -0.465 e. The Morgan fingerprint density at radius 3 is 1.88 bits per heavy atom. The molecule has 0 spiro atoms. The molecule has 0 aliphatic heterocycles. The molecule has 0 saturated carbocycles. The number of allylic oxidation sites excluding steroid dienone is 8. The van der Waals surface area contributed by atoms with Gasteiger partial charge in [-0.15, -0.1) is 11.8 Å². The van der Waals surface area contributed by atoms with Gasteiger partial charge in [0.25, 0.3) is 0 Å². The monoisotopic (exact) mass is 350 g/mol. The summed E-state index contributed by atoms with van der Waals surface area (Å²) in [5.41, 5.74) is 0. The fraction of sp³-hybridized carbons (Fsp3) is 0.571. The lowest BCUT2D eigenvalue weighted by atomic mass is 10.2. The van der Waals surface area contributed by atoms with Crippen molar-refractivity contribution in [1.29, 1.82) is 0 Å². The molecule has 136 valence electrons. The highest BCUT2D eigenvalue weighted by molar-refractivity contribution is 8.01. The molecule has 0 N–H and O–H groups in total. The summed E-state index contributed by atoms with van der Waals surface area (Å²) in [5, 5.41) is 0. The van der Waals surface area contributed by atoms with Crippen LogP contribution in [0, 0.1) is 0 Å². The maximum Gasteiger partial charge on any atom is 0.321 e. The van der Waals surface area contributed by atoms with Gasteiger partial charge in [0.1, 0.15) is 4.75 Å². The van der Waals surface area contributed by atoms with Crippen LogP contribution in [0.4, 0.5) is 0 Å². The van der Waals surface area contributed by atoms with E-state index in [1.54, 1.807) is 11.8 Å². The van der Waals surface area contributed by atoms with E-state index < -0.39 is 4.75 Å². The van der Waals surface area contributed by atoms with Crippen molar-refractivity contribution in [1.82, 2.24) is 0 Å². The first-order chi connectivity index (χ1) is 11.5. The van der Waals surface area contributed by atoms with Crippen molar-refractivity contribution in [2.24, 2.45) is 0 Å². The third kappa shape index (κ3) is 13.2. The molecule has 0 fully saturated rings. The molecule has 0 aliphatic carbocycles. The summed E-state index contributed by atoms with van der Waals surface area (Å²) in [6.45, 7) is 8.28. The maximum absolute atomic E-state index is 11.8. The molecule has 0 unspecified atom stereocenters. The number of esters is 1. The van der Waals surface area contributed by atoms with Gasteiger partial charge in [-0.05, 0) is 58.6 Å². The van der Waals surface area contributed by atoms with E-state index in [-0.39, 0.29) is 5.97 Å². The summed E-state index contributed by atoms with van der Waals surface area (Å²) in [7, 11) is 0. The highest BCUT2D eigenvalue weighted by Gasteiger charge is 2.28. The zero-order chi connectivity index (χ0) is 18.1. The van der Waals surface area contributed by atoms with Gasteiger partial charge in [0, 0.05) is 0 Å². The van der Waals surface area contributed by atoms with Crippen molar-refractivity contribution in [2.45, 2.75) is 64.5 Å². The van der Waals surface area contributed by atoms with E-state index in [2.05, 4.69) is 55.5 Å². The van der Waals surface area contributed by atoms with Gasteiger partial charge < -0.3 is 4.74 Å². The number of ether oxygens (including phenoxy) is 1. The fourth-order valence-electron chi connectivity index (χ4n) is 1.84. The van der Waals surface area contributed by atoms with Gasteiger partial charge >= 0.3 is 5.97 Å². The molecule has 0 saturated heterocycles. The number of hydrogen-bond acceptors (Lipinski definition) is 3. The third-order valence-electron chi connectivity index (χ3n) is 3.23. The molecule has 0 aromatic heterocycles. The molecule has 24 heavy (non-hydrogen) atoms. The van der Waals surface area contributed by atoms with Crippen LogP contribution in [0.1, 0.15) is 59.8 Å². The van der Waals surface area contributed by atoms with Gasteiger partial charge in [-0.2, -0.15) is 0 Å². The Bertz CT molecular complexity index is 431. The summed E-state index contributed by atoms with van der Waals surface area (Å²) in [4.78, 5) is 11.8. The Morgan fingerprint density at radius 2 is 1.38 bits per heavy atom. The van der Waals surface area contributed by atoms with Crippen LogP contribution >= 0.6 is 11.8 Å². The molecule has 0 amide bonds. The van der Waals surface area contributed by atoms with Crippen molar-refractivity contribution in [3.63, 3.8) is 0 Å². The van der Waals surface area contributed by atoms with Gasteiger partial charge in [-0.25, -0.2) is 0 Å². The summed E-state index contributed by atoms with van der Waals surface area (Å²) < 4.78 is 4.62. The van der Waals surface area contributed by atoms with Crippen LogP contribution in [-0.4, -0.2) is 23.1 Å². The zero-order valence-corrected chi connectivity index (χ0v) is 16.6. The molecule has 0 heterocycles. The highest BCUT2D eigenvalue weighted by atomic mass is 32.2. The number of carbonyl (C=O) groups excluding carboxylic acids is 1. The van der Waals surface area contributed by atoms with Gasteiger partial charge in [-0.3, -0.25) is 4.79 Å². The van der Waals surface area contributed by atoms with Gasteiger partial charge in [-0.1, -0.05) is 55.5 Å². The number of thioether (sulfide) groups is 1. The normalized spacial score (nSPS) is 13.0. The Labute approximate surface area is 153 Å². The lowest BCUT2D eigenvalue weighted by Gasteiger charge is -2.21. The Hall–Kier alpha value is -1.22. The van der Waals surface area contributed by atoms with Gasteiger partial charge in [0.15, 0.2) is 0 Å². The Balaban J connectivity index is 3.70. The molecular formula is C21H34O2S. The van der Waals surface area contributed by atoms with Crippen LogP contribution < -0.4 is 0 Å². The van der Waals surface area contributed by atoms with Crippen LogP contribution in [0.2, 0.25) is 0 Å². The second-order valence-electron chi connectivity index (χ2n) is 5.87. The molecule has 2 nitrogen and oxygen atoms in total. The lowest BCUT2D eigenvalue weighted by Crippen LogP contribution is -2.30. The molecule has 3 heteroatoms. The van der Waals surface area contributed by atoms with E-state index in [1.165, 1.54) is 0 Å². The van der Waals surface area contributed by atoms with E-state index in [1.807, 2.05) is 20.8 Å². The van der Waals surface area contributed by atoms with E-state index >= 15 is 0 Å². The second kappa shape index (κ2) is 15.3. The quantitative estimate of drug-likeness (QED) is 0.223. The molecule has 0 radical (unpaired) electrons. The fourth-order valence-corrected chi connectivity index (χ4v) is 2.78.